The Labute approximate surface area is 164 Å². The highest BCUT2D eigenvalue weighted by atomic mass is 32.1. The fraction of sp³-hybridized carbons (Fsp3) is 0.286. The third-order valence-electron chi connectivity index (χ3n) is 4.20. The maximum atomic E-state index is 5.39. The number of thiazole rings is 1. The Morgan fingerprint density at radius 3 is 2.48 bits per heavy atom. The van der Waals surface area contributed by atoms with E-state index in [9.17, 15) is 0 Å². The molecule has 142 valence electrons. The van der Waals surface area contributed by atoms with E-state index in [4.69, 9.17) is 19.2 Å². The molecular weight excluding hydrogens is 360 g/mol. The Hall–Kier alpha value is -2.57. The van der Waals surface area contributed by atoms with E-state index in [1.54, 1.807) is 32.7 Å². The molecule has 0 unspecified atom stereocenters. The fourth-order valence-electron chi connectivity index (χ4n) is 2.90. The summed E-state index contributed by atoms with van der Waals surface area (Å²) in [6.45, 7) is 1.61. The second-order valence-corrected chi connectivity index (χ2v) is 7.10. The minimum absolute atomic E-state index is 0.710. The van der Waals surface area contributed by atoms with Crippen LogP contribution in [0, 0.1) is 0 Å². The molecule has 1 heterocycles. The number of methoxy groups -OCH3 is 3. The molecule has 0 amide bonds. The Morgan fingerprint density at radius 1 is 0.926 bits per heavy atom. The summed E-state index contributed by atoms with van der Waals surface area (Å²) in [4.78, 5) is 7.02. The van der Waals surface area contributed by atoms with Crippen LogP contribution in [0.3, 0.4) is 0 Å². The van der Waals surface area contributed by atoms with E-state index in [1.807, 2.05) is 30.3 Å². The third kappa shape index (κ3) is 4.78. The van der Waals surface area contributed by atoms with Gasteiger partial charge in [-0.15, -0.1) is 11.3 Å². The zero-order valence-corrected chi connectivity index (χ0v) is 16.9. The first kappa shape index (κ1) is 19.2. The average molecular weight is 385 g/mol. The van der Waals surface area contributed by atoms with E-state index < -0.39 is 0 Å². The highest BCUT2D eigenvalue weighted by Crippen LogP contribution is 2.33. The summed E-state index contributed by atoms with van der Waals surface area (Å²) in [5.74, 6) is 2.31. The van der Waals surface area contributed by atoms with Gasteiger partial charge in [-0.05, 0) is 42.9 Å². The van der Waals surface area contributed by atoms with Crippen molar-refractivity contribution in [2.75, 3.05) is 28.4 Å². The first-order chi connectivity index (χ1) is 13.1. The lowest BCUT2D eigenvalue weighted by Crippen LogP contribution is -2.17. The van der Waals surface area contributed by atoms with Crippen LogP contribution in [0.1, 0.15) is 11.3 Å². The zero-order valence-electron chi connectivity index (χ0n) is 16.1. The van der Waals surface area contributed by atoms with Gasteiger partial charge in [-0.1, -0.05) is 12.1 Å². The largest absolute Gasteiger partial charge is 0.497 e. The number of aromatic nitrogens is 1. The van der Waals surface area contributed by atoms with Crippen molar-refractivity contribution in [1.29, 1.82) is 0 Å². The van der Waals surface area contributed by atoms with Gasteiger partial charge in [0.2, 0.25) is 0 Å². The number of ether oxygens (including phenoxy) is 3. The van der Waals surface area contributed by atoms with Crippen molar-refractivity contribution in [3.8, 4) is 27.8 Å². The van der Waals surface area contributed by atoms with Crippen molar-refractivity contribution in [2.45, 2.75) is 13.1 Å². The predicted octanol–water partition coefficient (Wildman–Crippen LogP) is 4.47. The molecule has 3 aromatic rings. The molecule has 0 spiro atoms. The quantitative estimate of drug-likeness (QED) is 0.573. The summed E-state index contributed by atoms with van der Waals surface area (Å²) in [7, 11) is 7.06. The molecule has 5 nitrogen and oxygen atoms in total. The number of hydrogen-bond acceptors (Lipinski definition) is 6. The minimum atomic E-state index is 0.710. The molecule has 0 aliphatic carbocycles. The normalized spacial score (nSPS) is 10.9. The van der Waals surface area contributed by atoms with Crippen LogP contribution >= 0.6 is 11.3 Å². The van der Waals surface area contributed by atoms with Gasteiger partial charge in [0.25, 0.3) is 0 Å². The number of nitrogens with zero attached hydrogens (tertiary/aromatic N) is 2. The molecule has 0 fully saturated rings. The monoisotopic (exact) mass is 384 g/mol. The van der Waals surface area contributed by atoms with Crippen molar-refractivity contribution in [3.05, 3.63) is 59.1 Å². The van der Waals surface area contributed by atoms with Crippen LogP contribution in [-0.4, -0.2) is 38.3 Å². The summed E-state index contributed by atoms with van der Waals surface area (Å²) < 4.78 is 16.0. The molecule has 2 aromatic carbocycles. The van der Waals surface area contributed by atoms with Crippen LogP contribution in [0.2, 0.25) is 0 Å². The van der Waals surface area contributed by atoms with Gasteiger partial charge in [-0.2, -0.15) is 0 Å². The van der Waals surface area contributed by atoms with Gasteiger partial charge >= 0.3 is 0 Å². The molecule has 27 heavy (non-hydrogen) atoms. The van der Waals surface area contributed by atoms with Crippen LogP contribution in [0.4, 0.5) is 0 Å². The summed E-state index contributed by atoms with van der Waals surface area (Å²) in [6, 6.07) is 14.0. The lowest BCUT2D eigenvalue weighted by Gasteiger charge is -2.15. The van der Waals surface area contributed by atoms with Crippen molar-refractivity contribution < 1.29 is 14.2 Å². The summed E-state index contributed by atoms with van der Waals surface area (Å²) in [5, 5.41) is 3.08. The number of benzene rings is 2. The molecule has 6 heteroatoms. The molecule has 0 N–H and O–H groups in total. The maximum absolute atomic E-state index is 5.39. The van der Waals surface area contributed by atoms with E-state index in [1.165, 1.54) is 5.56 Å². The van der Waals surface area contributed by atoms with Crippen LogP contribution in [0.15, 0.2) is 47.8 Å². The van der Waals surface area contributed by atoms with Gasteiger partial charge in [0.1, 0.15) is 10.8 Å². The van der Waals surface area contributed by atoms with Crippen LogP contribution in [0.25, 0.3) is 10.6 Å². The van der Waals surface area contributed by atoms with E-state index in [0.29, 0.717) is 5.75 Å². The Kier molecular flexibility index (Phi) is 6.32. The molecule has 0 bridgehead atoms. The van der Waals surface area contributed by atoms with Gasteiger partial charge in [0, 0.05) is 24.0 Å². The van der Waals surface area contributed by atoms with Gasteiger partial charge in [-0.25, -0.2) is 4.98 Å². The molecule has 0 atom stereocenters. The topological polar surface area (TPSA) is 43.8 Å². The van der Waals surface area contributed by atoms with E-state index in [0.717, 1.165) is 40.9 Å². The van der Waals surface area contributed by atoms with E-state index in [-0.39, 0.29) is 0 Å². The van der Waals surface area contributed by atoms with Gasteiger partial charge in [0.15, 0.2) is 11.5 Å². The Morgan fingerprint density at radius 2 is 1.74 bits per heavy atom. The first-order valence-electron chi connectivity index (χ1n) is 8.61. The highest BCUT2D eigenvalue weighted by Gasteiger charge is 2.11. The molecule has 0 saturated carbocycles. The first-order valence-corrected chi connectivity index (χ1v) is 9.49. The second-order valence-electron chi connectivity index (χ2n) is 6.24. The molecule has 3 rings (SSSR count). The summed E-state index contributed by atoms with van der Waals surface area (Å²) in [5.41, 5.74) is 3.29. The molecule has 0 aliphatic rings. The van der Waals surface area contributed by atoms with E-state index in [2.05, 4.69) is 29.5 Å². The van der Waals surface area contributed by atoms with Gasteiger partial charge < -0.3 is 14.2 Å². The fourth-order valence-corrected chi connectivity index (χ4v) is 3.70. The minimum Gasteiger partial charge on any atom is -0.497 e. The average Bonchev–Trinajstić information content (AvgIpc) is 3.15. The van der Waals surface area contributed by atoms with Gasteiger partial charge in [0.05, 0.1) is 27.0 Å². The Bertz CT molecular complexity index is 895. The maximum Gasteiger partial charge on any atom is 0.161 e. The molecule has 0 saturated heterocycles. The molecule has 1 aromatic heterocycles. The number of rotatable bonds is 8. The standard InChI is InChI=1S/C21H24N2O3S/c1-23(12-15-6-5-7-18(10-15)24-2)13-17-14-27-21(22-17)16-8-9-19(25-3)20(11-16)26-4/h5-11,14H,12-13H2,1-4H3. The second kappa shape index (κ2) is 8.88. The summed E-state index contributed by atoms with van der Waals surface area (Å²) >= 11 is 1.64. The van der Waals surface area contributed by atoms with Crippen molar-refractivity contribution in [3.63, 3.8) is 0 Å². The van der Waals surface area contributed by atoms with Gasteiger partial charge in [-0.3, -0.25) is 4.90 Å². The number of hydrogen-bond donors (Lipinski definition) is 0. The summed E-state index contributed by atoms with van der Waals surface area (Å²) in [6.07, 6.45) is 0. The van der Waals surface area contributed by atoms with E-state index >= 15 is 0 Å². The highest BCUT2D eigenvalue weighted by molar-refractivity contribution is 7.13. The van der Waals surface area contributed by atoms with Crippen molar-refractivity contribution >= 4 is 11.3 Å². The SMILES string of the molecule is COc1cccc(CN(C)Cc2csc(-c3ccc(OC)c(OC)c3)n2)c1. The third-order valence-corrected chi connectivity index (χ3v) is 5.14. The smallest absolute Gasteiger partial charge is 0.161 e. The lowest BCUT2D eigenvalue weighted by molar-refractivity contribution is 0.315. The Balaban J connectivity index is 1.68. The molecular formula is C21H24N2O3S. The van der Waals surface area contributed by atoms with Crippen LogP contribution in [0.5, 0.6) is 17.2 Å². The lowest BCUT2D eigenvalue weighted by atomic mass is 10.2. The molecule has 0 radical (unpaired) electrons. The van der Waals surface area contributed by atoms with Crippen LogP contribution < -0.4 is 14.2 Å². The zero-order chi connectivity index (χ0) is 19.2. The van der Waals surface area contributed by atoms with Crippen molar-refractivity contribution in [2.24, 2.45) is 0 Å². The van der Waals surface area contributed by atoms with Crippen molar-refractivity contribution in [1.82, 2.24) is 9.88 Å². The van der Waals surface area contributed by atoms with Crippen LogP contribution in [-0.2, 0) is 13.1 Å². The molecule has 0 aliphatic heterocycles. The predicted molar refractivity (Wildman–Crippen MR) is 109 cm³/mol.